The molecule has 284 valence electrons. The minimum absolute atomic E-state index is 0. The van der Waals surface area contributed by atoms with Crippen LogP contribution < -0.4 is 31.8 Å². The molecule has 0 aliphatic heterocycles. The van der Waals surface area contributed by atoms with Crippen molar-refractivity contribution in [2.45, 2.75) is 12.8 Å². The smallest absolute Gasteiger partial charge is 0.160 e. The molecule has 59 heavy (non-hydrogen) atoms. The van der Waals surface area contributed by atoms with Crippen LogP contribution in [0.3, 0.4) is 0 Å². The maximum atomic E-state index is 2.35. The Bertz CT molecular complexity index is 2370. The Labute approximate surface area is 367 Å². The van der Waals surface area contributed by atoms with Crippen molar-refractivity contribution in [1.82, 2.24) is 0 Å². The van der Waals surface area contributed by atoms with Crippen molar-refractivity contribution in [2.24, 2.45) is 0 Å². The van der Waals surface area contributed by atoms with E-state index in [0.717, 1.165) is 12.8 Å². The summed E-state index contributed by atoms with van der Waals surface area (Å²) in [6, 6.07) is 91.3. The minimum atomic E-state index is -0.493. The van der Waals surface area contributed by atoms with E-state index in [9.17, 15) is 0 Å². The van der Waals surface area contributed by atoms with E-state index in [0.29, 0.717) is 0 Å². The summed E-state index contributed by atoms with van der Waals surface area (Å²) >= 11 is 0. The monoisotopic (exact) mass is 828 g/mol. The Morgan fingerprint density at radius 2 is 0.542 bits per heavy atom. The molecule has 0 amide bonds. The molecule has 3 heteroatoms. The summed E-state index contributed by atoms with van der Waals surface area (Å²) < 4.78 is 0. The van der Waals surface area contributed by atoms with Crippen molar-refractivity contribution in [3.8, 4) is 0 Å². The molecule has 0 nitrogen and oxygen atoms in total. The van der Waals surface area contributed by atoms with Crippen molar-refractivity contribution in [3.63, 3.8) is 0 Å². The van der Waals surface area contributed by atoms with E-state index in [1.165, 1.54) is 64.5 Å². The van der Waals surface area contributed by atoms with Gasteiger partial charge in [-0.2, -0.15) is 12.1 Å². The van der Waals surface area contributed by atoms with Gasteiger partial charge in [0.05, 0.1) is 0 Å². The van der Waals surface area contributed by atoms with Gasteiger partial charge in [0.1, 0.15) is 0 Å². The Morgan fingerprint density at radius 1 is 0.288 bits per heavy atom. The first-order chi connectivity index (χ1) is 28.8. The molecule has 0 bridgehead atoms. The third-order valence-corrected chi connectivity index (χ3v) is 15.0. The molecule has 0 atom stereocenters. The SMILES string of the molecule is [Ti+2].c1ccc(CCc2ccccc2)cc1.c1ccc(P(c2ccccc2)c2cc3ccccc3[cH-]2)cc1.c1ccc(P(c2ccccc2)c2cc3ccccc3[cH-]2)cc1. The standard InChI is InChI=1S/2C21H16P.C14H14.Ti/c2*1-3-11-19(12-4-1)22(20-13-5-2-6-14-20)21-15-17-9-7-8-10-18(17)16-21;1-3-7-13(8-4-1)11-12-14-9-5-2-6-10-14;/h2*1-16H;1-10H,11-12H2;/q2*-1;;+2. The topological polar surface area (TPSA) is 0 Å². The second-order valence-corrected chi connectivity index (χ2v) is 18.6. The van der Waals surface area contributed by atoms with E-state index in [2.05, 4.69) is 255 Å². The molecule has 10 rings (SSSR count). The van der Waals surface area contributed by atoms with Gasteiger partial charge in [0.2, 0.25) is 0 Å². The number of hydrogen-bond donors (Lipinski definition) is 0. The van der Waals surface area contributed by atoms with Crippen LogP contribution in [-0.2, 0) is 34.6 Å². The zero-order chi connectivity index (χ0) is 39.2. The van der Waals surface area contributed by atoms with Gasteiger partial charge < -0.3 is 0 Å². The van der Waals surface area contributed by atoms with Crippen LogP contribution in [0.4, 0.5) is 0 Å². The fourth-order valence-corrected chi connectivity index (χ4v) is 12.0. The Hall–Kier alpha value is -5.45. The van der Waals surface area contributed by atoms with Gasteiger partial charge in [-0.3, -0.25) is 0 Å². The van der Waals surface area contributed by atoms with E-state index in [1.807, 2.05) is 0 Å². The third kappa shape index (κ3) is 11.2. The number of benzene rings is 8. The van der Waals surface area contributed by atoms with Gasteiger partial charge in [-0.1, -0.05) is 194 Å². The van der Waals surface area contributed by atoms with Gasteiger partial charge in [-0.15, -0.1) is 80.7 Å². The van der Waals surface area contributed by atoms with Crippen LogP contribution in [0.5, 0.6) is 0 Å². The molecule has 0 saturated heterocycles. The molecular formula is C56H46P2Ti. The van der Waals surface area contributed by atoms with Crippen LogP contribution in [-0.4, -0.2) is 0 Å². The zero-order valence-electron chi connectivity index (χ0n) is 33.1. The second kappa shape index (κ2) is 21.5. The molecule has 0 aromatic heterocycles. The molecule has 0 radical (unpaired) electrons. The van der Waals surface area contributed by atoms with E-state index in [-0.39, 0.29) is 21.7 Å². The first kappa shape index (κ1) is 41.7. The van der Waals surface area contributed by atoms with Crippen LogP contribution in [0.2, 0.25) is 0 Å². The van der Waals surface area contributed by atoms with E-state index < -0.39 is 15.8 Å². The summed E-state index contributed by atoms with van der Waals surface area (Å²) in [5, 5.41) is 13.8. The number of rotatable bonds is 9. The fraction of sp³-hybridized carbons (Fsp3) is 0.0357. The van der Waals surface area contributed by atoms with Gasteiger partial charge in [-0.25, -0.2) is 0 Å². The van der Waals surface area contributed by atoms with Crippen molar-refractivity contribution in [3.05, 3.63) is 266 Å². The van der Waals surface area contributed by atoms with Crippen LogP contribution in [0, 0.1) is 0 Å². The van der Waals surface area contributed by atoms with Gasteiger partial charge in [0.15, 0.2) is 0 Å². The van der Waals surface area contributed by atoms with Crippen molar-refractivity contribution in [1.29, 1.82) is 0 Å². The van der Waals surface area contributed by atoms with Gasteiger partial charge in [0.25, 0.3) is 0 Å². The largest absolute Gasteiger partial charge is 2.00 e. The third-order valence-electron chi connectivity index (χ3n) is 10.2. The average molecular weight is 829 g/mol. The first-order valence-electron chi connectivity index (χ1n) is 20.0. The van der Waals surface area contributed by atoms with Gasteiger partial charge in [0, 0.05) is 0 Å². The maximum absolute atomic E-state index is 2.35. The predicted molar refractivity (Wildman–Crippen MR) is 257 cm³/mol. The number of fused-ring (bicyclic) bond motifs is 2. The first-order valence-corrected chi connectivity index (χ1v) is 22.7. The second-order valence-electron chi connectivity index (χ2n) is 14.2. The van der Waals surface area contributed by atoms with Crippen LogP contribution >= 0.6 is 15.8 Å². The average Bonchev–Trinajstić information content (AvgIpc) is 3.93. The molecule has 0 N–H and O–H groups in total. The molecule has 0 heterocycles. The fourth-order valence-electron chi connectivity index (χ4n) is 7.31. The van der Waals surface area contributed by atoms with Gasteiger partial charge in [-0.05, 0) is 61.0 Å². The van der Waals surface area contributed by atoms with E-state index in [1.54, 1.807) is 0 Å². The molecule has 0 unspecified atom stereocenters. The molecule has 10 aromatic carbocycles. The summed E-state index contributed by atoms with van der Waals surface area (Å²) in [6.07, 6.45) is 2.26. The summed E-state index contributed by atoms with van der Waals surface area (Å²) in [4.78, 5) is 0. The summed E-state index contributed by atoms with van der Waals surface area (Å²) in [5.74, 6) is 0. The summed E-state index contributed by atoms with van der Waals surface area (Å²) in [5.41, 5.74) is 2.83. The van der Waals surface area contributed by atoms with Gasteiger partial charge >= 0.3 is 21.7 Å². The summed E-state index contributed by atoms with van der Waals surface area (Å²) in [7, 11) is -0.986. The van der Waals surface area contributed by atoms with Crippen LogP contribution in [0.15, 0.2) is 255 Å². The Morgan fingerprint density at radius 3 is 0.831 bits per heavy atom. The molecule has 0 aliphatic rings. The van der Waals surface area contributed by atoms with E-state index >= 15 is 0 Å². The van der Waals surface area contributed by atoms with Crippen LogP contribution in [0.25, 0.3) is 21.5 Å². The predicted octanol–water partition coefficient (Wildman–Crippen LogP) is 12.1. The van der Waals surface area contributed by atoms with Crippen molar-refractivity contribution < 1.29 is 21.7 Å². The quantitative estimate of drug-likeness (QED) is 0.0772. The normalized spacial score (nSPS) is 10.7. The number of aryl methyl sites for hydroxylation is 2. The molecule has 0 aliphatic carbocycles. The molecule has 10 aromatic rings. The molecule has 0 fully saturated rings. The maximum Gasteiger partial charge on any atom is 2.00 e. The Balaban J connectivity index is 0.000000137. The summed E-state index contributed by atoms with van der Waals surface area (Å²) in [6.45, 7) is 0. The number of hydrogen-bond acceptors (Lipinski definition) is 0. The molecule has 0 saturated carbocycles. The van der Waals surface area contributed by atoms with Crippen molar-refractivity contribution >= 4 is 69.2 Å². The molecular weight excluding hydrogens is 782 g/mol. The van der Waals surface area contributed by atoms with Crippen molar-refractivity contribution in [2.75, 3.05) is 0 Å². The molecule has 0 spiro atoms. The zero-order valence-corrected chi connectivity index (χ0v) is 36.4. The Kier molecular flexibility index (Phi) is 15.2. The minimum Gasteiger partial charge on any atom is -0.160 e. The van der Waals surface area contributed by atoms with Crippen LogP contribution in [0.1, 0.15) is 11.1 Å². The van der Waals surface area contributed by atoms with E-state index in [4.69, 9.17) is 0 Å².